The van der Waals surface area contributed by atoms with Crippen LogP contribution in [0.25, 0.3) is 0 Å². The second kappa shape index (κ2) is 6.23. The normalized spacial score (nSPS) is 19.4. The van der Waals surface area contributed by atoms with Gasteiger partial charge in [0.25, 0.3) is 0 Å². The monoisotopic (exact) mass is 282 g/mol. The predicted molar refractivity (Wildman–Crippen MR) is 79.5 cm³/mol. The van der Waals surface area contributed by atoms with E-state index in [-0.39, 0.29) is 18.1 Å². The van der Waals surface area contributed by atoms with Crippen LogP contribution in [0.2, 0.25) is 5.02 Å². The molecule has 1 heterocycles. The molecule has 1 fully saturated rings. The molecule has 1 aliphatic heterocycles. The highest BCUT2D eigenvalue weighted by Crippen LogP contribution is 2.38. The largest absolute Gasteiger partial charge is 0.396 e. The molecule has 1 aliphatic rings. The summed E-state index contributed by atoms with van der Waals surface area (Å²) in [5.74, 6) is 0. The molecule has 0 bridgehead atoms. The first-order chi connectivity index (χ1) is 9.04. The number of halogens is 1. The molecule has 19 heavy (non-hydrogen) atoms. The molecule has 0 unspecified atom stereocenters. The quantitative estimate of drug-likeness (QED) is 0.890. The summed E-state index contributed by atoms with van der Waals surface area (Å²) in [5.41, 5.74) is 1.05. The first kappa shape index (κ1) is 14.8. The van der Waals surface area contributed by atoms with Gasteiger partial charge in [-0.25, -0.2) is 0 Å². The molecule has 0 saturated carbocycles. The van der Waals surface area contributed by atoms with Gasteiger partial charge in [-0.05, 0) is 17.7 Å². The lowest BCUT2D eigenvalue weighted by Crippen LogP contribution is -2.49. The van der Waals surface area contributed by atoms with Crippen LogP contribution in [0.1, 0.15) is 25.5 Å². The van der Waals surface area contributed by atoms with Gasteiger partial charge >= 0.3 is 0 Å². The van der Waals surface area contributed by atoms with Crippen LogP contribution >= 0.6 is 11.6 Å². The zero-order chi connectivity index (χ0) is 13.9. The lowest BCUT2D eigenvalue weighted by molar-refractivity contribution is 0.0305. The Morgan fingerprint density at radius 3 is 2.37 bits per heavy atom. The van der Waals surface area contributed by atoms with E-state index in [4.69, 9.17) is 11.6 Å². The first-order valence-electron chi connectivity index (χ1n) is 6.86. The minimum atomic E-state index is -0.175. The summed E-state index contributed by atoms with van der Waals surface area (Å²) >= 11 is 5.98. The average molecular weight is 283 g/mol. The summed E-state index contributed by atoms with van der Waals surface area (Å²) in [6.45, 7) is 8.44. The fraction of sp³-hybridized carbons (Fsp3) is 0.600. The number of piperazine rings is 1. The molecule has 0 radical (unpaired) electrons. The number of benzene rings is 1. The van der Waals surface area contributed by atoms with E-state index >= 15 is 0 Å². The molecular weight excluding hydrogens is 260 g/mol. The molecule has 4 heteroatoms. The number of rotatable bonds is 4. The summed E-state index contributed by atoms with van der Waals surface area (Å²) in [6, 6.07) is 8.23. The van der Waals surface area contributed by atoms with Gasteiger partial charge in [-0.15, -0.1) is 0 Å². The van der Waals surface area contributed by atoms with E-state index in [9.17, 15) is 5.11 Å². The lowest BCUT2D eigenvalue weighted by atomic mass is 9.80. The third-order valence-electron chi connectivity index (χ3n) is 3.85. The van der Waals surface area contributed by atoms with Crippen molar-refractivity contribution in [3.8, 4) is 0 Å². The summed E-state index contributed by atoms with van der Waals surface area (Å²) < 4.78 is 0. The highest BCUT2D eigenvalue weighted by Gasteiger charge is 2.35. The average Bonchev–Trinajstić information content (AvgIpc) is 2.42. The SMILES string of the molecule is CC(C)(CO)[C@H](c1ccc(Cl)cc1)N1CCNCC1. The smallest absolute Gasteiger partial charge is 0.0500 e. The molecule has 1 aromatic carbocycles. The minimum absolute atomic E-state index is 0.171. The van der Waals surface area contributed by atoms with Crippen molar-refractivity contribution in [2.45, 2.75) is 19.9 Å². The Kier molecular flexibility index (Phi) is 4.85. The Balaban J connectivity index is 2.30. The van der Waals surface area contributed by atoms with Gasteiger partial charge in [0.05, 0.1) is 0 Å². The van der Waals surface area contributed by atoms with Gasteiger partial charge in [0.1, 0.15) is 0 Å². The van der Waals surface area contributed by atoms with Crippen LogP contribution in [0.15, 0.2) is 24.3 Å². The Bertz CT molecular complexity index is 399. The van der Waals surface area contributed by atoms with Crippen LogP contribution in [-0.4, -0.2) is 42.8 Å². The molecule has 0 aromatic heterocycles. The van der Waals surface area contributed by atoms with Crippen molar-refractivity contribution in [2.24, 2.45) is 5.41 Å². The predicted octanol–water partition coefficient (Wildman–Crippen LogP) is 2.30. The first-order valence-corrected chi connectivity index (χ1v) is 7.23. The van der Waals surface area contributed by atoms with Gasteiger partial charge in [-0.1, -0.05) is 37.6 Å². The summed E-state index contributed by atoms with van der Waals surface area (Å²) in [6.07, 6.45) is 0. The summed E-state index contributed by atoms with van der Waals surface area (Å²) in [4.78, 5) is 2.45. The summed E-state index contributed by atoms with van der Waals surface area (Å²) in [7, 11) is 0. The number of hydrogen-bond acceptors (Lipinski definition) is 3. The Morgan fingerprint density at radius 2 is 1.84 bits per heavy atom. The topological polar surface area (TPSA) is 35.5 Å². The molecule has 106 valence electrons. The Hall–Kier alpha value is -0.610. The zero-order valence-electron chi connectivity index (χ0n) is 11.7. The molecular formula is C15H23ClN2O. The van der Waals surface area contributed by atoms with Crippen LogP contribution < -0.4 is 5.32 Å². The maximum absolute atomic E-state index is 9.74. The van der Waals surface area contributed by atoms with Crippen LogP contribution in [0.3, 0.4) is 0 Å². The summed E-state index contributed by atoms with van der Waals surface area (Å²) in [5, 5.41) is 13.9. The number of hydrogen-bond donors (Lipinski definition) is 2. The molecule has 2 rings (SSSR count). The van der Waals surface area contributed by atoms with Crippen molar-refractivity contribution in [2.75, 3.05) is 32.8 Å². The standard InChI is InChI=1S/C15H23ClN2O/c1-15(2,11-19)14(18-9-7-17-8-10-18)12-3-5-13(16)6-4-12/h3-6,14,17,19H,7-11H2,1-2H3/t14-/m0/s1. The van der Waals surface area contributed by atoms with Gasteiger partial charge < -0.3 is 10.4 Å². The molecule has 1 aromatic rings. The van der Waals surface area contributed by atoms with Crippen molar-refractivity contribution in [3.63, 3.8) is 0 Å². The molecule has 1 saturated heterocycles. The van der Waals surface area contributed by atoms with Gasteiger partial charge in [-0.2, -0.15) is 0 Å². The molecule has 0 amide bonds. The van der Waals surface area contributed by atoms with Gasteiger partial charge in [0.2, 0.25) is 0 Å². The highest BCUT2D eigenvalue weighted by atomic mass is 35.5. The molecule has 0 aliphatic carbocycles. The second-order valence-electron chi connectivity index (χ2n) is 5.89. The van der Waals surface area contributed by atoms with E-state index in [0.717, 1.165) is 31.2 Å². The fourth-order valence-electron chi connectivity index (χ4n) is 2.83. The van der Waals surface area contributed by atoms with Crippen molar-refractivity contribution in [1.29, 1.82) is 0 Å². The van der Waals surface area contributed by atoms with Crippen LogP contribution in [-0.2, 0) is 0 Å². The van der Waals surface area contributed by atoms with Gasteiger partial charge in [0, 0.05) is 49.3 Å². The van der Waals surface area contributed by atoms with Crippen molar-refractivity contribution >= 4 is 11.6 Å². The highest BCUT2D eigenvalue weighted by molar-refractivity contribution is 6.30. The zero-order valence-corrected chi connectivity index (χ0v) is 12.5. The fourth-order valence-corrected chi connectivity index (χ4v) is 2.95. The van der Waals surface area contributed by atoms with Crippen LogP contribution in [0.4, 0.5) is 0 Å². The van der Waals surface area contributed by atoms with E-state index in [0.29, 0.717) is 0 Å². The van der Waals surface area contributed by atoms with Crippen molar-refractivity contribution < 1.29 is 5.11 Å². The van der Waals surface area contributed by atoms with E-state index in [2.05, 4.69) is 36.2 Å². The maximum Gasteiger partial charge on any atom is 0.0500 e. The molecule has 0 spiro atoms. The molecule has 1 atom stereocenters. The van der Waals surface area contributed by atoms with Crippen molar-refractivity contribution in [3.05, 3.63) is 34.9 Å². The number of nitrogens with zero attached hydrogens (tertiary/aromatic N) is 1. The van der Waals surface area contributed by atoms with Crippen LogP contribution in [0.5, 0.6) is 0 Å². The Labute approximate surface area is 120 Å². The third kappa shape index (κ3) is 3.48. The van der Waals surface area contributed by atoms with E-state index in [1.54, 1.807) is 0 Å². The Morgan fingerprint density at radius 1 is 1.26 bits per heavy atom. The molecule has 2 N–H and O–H groups in total. The van der Waals surface area contributed by atoms with E-state index in [1.165, 1.54) is 5.56 Å². The number of nitrogens with one attached hydrogen (secondary N) is 1. The number of aliphatic hydroxyl groups is 1. The second-order valence-corrected chi connectivity index (χ2v) is 6.32. The van der Waals surface area contributed by atoms with Crippen LogP contribution in [0, 0.1) is 5.41 Å². The lowest BCUT2D eigenvalue weighted by Gasteiger charge is -2.43. The van der Waals surface area contributed by atoms with Gasteiger partial charge in [-0.3, -0.25) is 4.90 Å². The van der Waals surface area contributed by atoms with Crippen molar-refractivity contribution in [1.82, 2.24) is 10.2 Å². The van der Waals surface area contributed by atoms with Gasteiger partial charge in [0.15, 0.2) is 0 Å². The minimum Gasteiger partial charge on any atom is -0.396 e. The maximum atomic E-state index is 9.74. The molecule has 3 nitrogen and oxygen atoms in total. The number of aliphatic hydroxyl groups excluding tert-OH is 1. The van der Waals surface area contributed by atoms with E-state index < -0.39 is 0 Å². The van der Waals surface area contributed by atoms with E-state index in [1.807, 2.05) is 12.1 Å². The third-order valence-corrected chi connectivity index (χ3v) is 4.10.